The van der Waals surface area contributed by atoms with Crippen molar-refractivity contribution in [2.24, 2.45) is 5.92 Å². The van der Waals surface area contributed by atoms with Gasteiger partial charge in [0.25, 0.3) is 0 Å². The molecular weight excluding hydrogens is 412 g/mol. The molecule has 3 rings (SSSR count). The number of hydrogen-bond acceptors (Lipinski definition) is 6. The van der Waals surface area contributed by atoms with E-state index in [1.165, 1.54) is 11.3 Å². The number of aryl methyl sites for hydroxylation is 1. The van der Waals surface area contributed by atoms with Gasteiger partial charge in [-0.2, -0.15) is 0 Å². The van der Waals surface area contributed by atoms with Gasteiger partial charge in [0, 0.05) is 22.7 Å². The van der Waals surface area contributed by atoms with E-state index in [4.69, 9.17) is 4.74 Å². The first-order valence-corrected chi connectivity index (χ1v) is 10.8. The summed E-state index contributed by atoms with van der Waals surface area (Å²) in [6.07, 6.45) is -0.953. The van der Waals surface area contributed by atoms with Crippen LogP contribution >= 0.6 is 11.3 Å². The van der Waals surface area contributed by atoms with Gasteiger partial charge in [-0.15, -0.1) is 11.3 Å². The van der Waals surface area contributed by atoms with E-state index in [-0.39, 0.29) is 17.6 Å². The fourth-order valence-electron chi connectivity index (χ4n) is 2.80. The molecule has 0 fully saturated rings. The van der Waals surface area contributed by atoms with Crippen LogP contribution in [0.2, 0.25) is 0 Å². The highest BCUT2D eigenvalue weighted by Crippen LogP contribution is 2.28. The Bertz CT molecular complexity index is 1090. The third-order valence-corrected chi connectivity index (χ3v) is 5.80. The Morgan fingerprint density at radius 1 is 0.968 bits per heavy atom. The molecule has 0 aliphatic rings. The lowest BCUT2D eigenvalue weighted by molar-refractivity contribution is -0.118. The second-order valence-corrected chi connectivity index (χ2v) is 8.43. The molecule has 1 heterocycles. The number of Topliss-reactive ketones (excluding diaryl/α,β-unsaturated/α-hetero) is 1. The van der Waals surface area contributed by atoms with Gasteiger partial charge < -0.3 is 10.1 Å². The topological polar surface area (TPSA) is 85.4 Å². The first-order valence-electron chi connectivity index (χ1n) is 9.95. The highest BCUT2D eigenvalue weighted by Gasteiger charge is 2.24. The first kappa shape index (κ1) is 22.4. The van der Waals surface area contributed by atoms with Crippen LogP contribution in [0.4, 0.5) is 5.69 Å². The minimum atomic E-state index is -0.953. The standard InChI is InChI=1S/C24H24N2O4S/c1-14(2)22(28)26-19-12-10-17(11-13-19)20(27)16(4)30-24(29)21-15(3)25-23(31-21)18-8-6-5-7-9-18/h5-14,16H,1-4H3,(H,26,28). The Morgan fingerprint density at radius 3 is 2.23 bits per heavy atom. The van der Waals surface area contributed by atoms with Crippen molar-refractivity contribution in [3.8, 4) is 10.6 Å². The Labute approximate surface area is 185 Å². The zero-order valence-corrected chi connectivity index (χ0v) is 18.7. The number of aromatic nitrogens is 1. The van der Waals surface area contributed by atoms with E-state index < -0.39 is 12.1 Å². The van der Waals surface area contributed by atoms with Crippen molar-refractivity contribution in [1.29, 1.82) is 0 Å². The van der Waals surface area contributed by atoms with E-state index in [0.717, 1.165) is 10.6 Å². The zero-order valence-electron chi connectivity index (χ0n) is 17.8. The molecular formula is C24H24N2O4S. The number of carbonyl (C=O) groups is 3. The Balaban J connectivity index is 1.66. The van der Waals surface area contributed by atoms with E-state index in [2.05, 4.69) is 10.3 Å². The highest BCUT2D eigenvalue weighted by molar-refractivity contribution is 7.17. The summed E-state index contributed by atoms with van der Waals surface area (Å²) in [5.41, 5.74) is 2.49. The smallest absolute Gasteiger partial charge is 0.350 e. The van der Waals surface area contributed by atoms with Crippen molar-refractivity contribution < 1.29 is 19.1 Å². The SMILES string of the molecule is Cc1nc(-c2ccccc2)sc1C(=O)OC(C)C(=O)c1ccc(NC(=O)C(C)C)cc1. The van der Waals surface area contributed by atoms with Gasteiger partial charge in [0.15, 0.2) is 6.10 Å². The summed E-state index contributed by atoms with van der Waals surface area (Å²) in [4.78, 5) is 41.9. The number of nitrogens with zero attached hydrogens (tertiary/aromatic N) is 1. The predicted octanol–water partition coefficient (Wildman–Crippen LogP) is 5.14. The largest absolute Gasteiger partial charge is 0.450 e. The van der Waals surface area contributed by atoms with E-state index >= 15 is 0 Å². The number of anilines is 1. The maximum Gasteiger partial charge on any atom is 0.350 e. The summed E-state index contributed by atoms with van der Waals surface area (Å²) in [6.45, 7) is 6.90. The molecule has 0 saturated carbocycles. The van der Waals surface area contributed by atoms with Crippen LogP contribution in [0.15, 0.2) is 54.6 Å². The van der Waals surface area contributed by atoms with Gasteiger partial charge in [0.1, 0.15) is 9.88 Å². The molecule has 0 spiro atoms. The maximum absolute atomic E-state index is 12.7. The number of hydrogen-bond donors (Lipinski definition) is 1. The van der Waals surface area contributed by atoms with Crippen molar-refractivity contribution >= 4 is 34.7 Å². The van der Waals surface area contributed by atoms with Gasteiger partial charge in [-0.05, 0) is 38.1 Å². The number of amides is 1. The third kappa shape index (κ3) is 5.44. The van der Waals surface area contributed by atoms with Crippen molar-refractivity contribution in [2.75, 3.05) is 5.32 Å². The summed E-state index contributed by atoms with van der Waals surface area (Å²) in [7, 11) is 0. The molecule has 1 N–H and O–H groups in total. The zero-order chi connectivity index (χ0) is 22.5. The molecule has 6 nitrogen and oxygen atoms in total. The Morgan fingerprint density at radius 2 is 1.61 bits per heavy atom. The summed E-state index contributed by atoms with van der Waals surface area (Å²) < 4.78 is 5.42. The summed E-state index contributed by atoms with van der Waals surface area (Å²) in [6, 6.07) is 16.1. The van der Waals surface area contributed by atoms with Crippen LogP contribution in [0.1, 0.15) is 46.5 Å². The lowest BCUT2D eigenvalue weighted by Crippen LogP contribution is -2.24. The average Bonchev–Trinajstić information content (AvgIpc) is 3.16. The molecule has 1 unspecified atom stereocenters. The van der Waals surface area contributed by atoms with Crippen molar-refractivity contribution in [2.45, 2.75) is 33.8 Å². The summed E-state index contributed by atoms with van der Waals surface area (Å²) in [5.74, 6) is -1.13. The van der Waals surface area contributed by atoms with Crippen molar-refractivity contribution in [1.82, 2.24) is 4.98 Å². The molecule has 0 aliphatic carbocycles. The quantitative estimate of drug-likeness (QED) is 0.409. The second-order valence-electron chi connectivity index (χ2n) is 7.43. The molecule has 0 radical (unpaired) electrons. The number of ketones is 1. The summed E-state index contributed by atoms with van der Waals surface area (Å²) in [5, 5.41) is 3.50. The average molecular weight is 437 g/mol. The second kappa shape index (κ2) is 9.66. The van der Waals surface area contributed by atoms with Crippen LogP contribution in [0.25, 0.3) is 10.6 Å². The minimum absolute atomic E-state index is 0.101. The number of benzene rings is 2. The molecule has 7 heteroatoms. The minimum Gasteiger partial charge on any atom is -0.450 e. The molecule has 31 heavy (non-hydrogen) atoms. The third-order valence-electron chi connectivity index (χ3n) is 4.62. The maximum atomic E-state index is 12.7. The molecule has 0 aliphatic heterocycles. The van der Waals surface area contributed by atoms with E-state index in [1.54, 1.807) is 52.0 Å². The number of ether oxygens (including phenoxy) is 1. The van der Waals surface area contributed by atoms with Crippen molar-refractivity contribution in [3.63, 3.8) is 0 Å². The molecule has 1 amide bonds. The number of carbonyl (C=O) groups excluding carboxylic acids is 3. The first-order chi connectivity index (χ1) is 14.8. The van der Waals surface area contributed by atoms with E-state index in [9.17, 15) is 14.4 Å². The Hall–Kier alpha value is -3.32. The predicted molar refractivity (Wildman–Crippen MR) is 121 cm³/mol. The fraction of sp³-hybridized carbons (Fsp3) is 0.250. The highest BCUT2D eigenvalue weighted by atomic mass is 32.1. The van der Waals surface area contributed by atoms with Crippen molar-refractivity contribution in [3.05, 3.63) is 70.7 Å². The normalized spacial score (nSPS) is 11.8. The van der Waals surface area contributed by atoms with Crippen LogP contribution in [-0.4, -0.2) is 28.7 Å². The van der Waals surface area contributed by atoms with Gasteiger partial charge in [-0.25, -0.2) is 9.78 Å². The van der Waals surface area contributed by atoms with Gasteiger partial charge in [-0.3, -0.25) is 9.59 Å². The van der Waals surface area contributed by atoms with Crippen LogP contribution in [0.3, 0.4) is 0 Å². The van der Waals surface area contributed by atoms with Crippen LogP contribution in [0, 0.1) is 12.8 Å². The van der Waals surface area contributed by atoms with Gasteiger partial charge in [0.2, 0.25) is 11.7 Å². The molecule has 2 aromatic carbocycles. The monoisotopic (exact) mass is 436 g/mol. The number of rotatable bonds is 7. The molecule has 1 atom stereocenters. The van der Waals surface area contributed by atoms with Gasteiger partial charge in [0.05, 0.1) is 5.69 Å². The van der Waals surface area contributed by atoms with Gasteiger partial charge in [-0.1, -0.05) is 44.2 Å². The number of esters is 1. The van der Waals surface area contributed by atoms with Crippen LogP contribution in [-0.2, 0) is 9.53 Å². The van der Waals surface area contributed by atoms with E-state index in [1.807, 2.05) is 30.3 Å². The molecule has 1 aromatic heterocycles. The molecule has 0 bridgehead atoms. The number of thiazole rings is 1. The summed E-state index contributed by atoms with van der Waals surface area (Å²) >= 11 is 1.24. The lowest BCUT2D eigenvalue weighted by Gasteiger charge is -2.13. The fourth-order valence-corrected chi connectivity index (χ4v) is 3.75. The number of nitrogens with one attached hydrogen (secondary N) is 1. The molecule has 160 valence electrons. The van der Waals surface area contributed by atoms with Crippen LogP contribution < -0.4 is 5.32 Å². The lowest BCUT2D eigenvalue weighted by atomic mass is 10.1. The van der Waals surface area contributed by atoms with E-state index in [0.29, 0.717) is 21.8 Å². The Kier molecular flexibility index (Phi) is 6.97. The molecule has 0 saturated heterocycles. The molecule has 3 aromatic rings. The van der Waals surface area contributed by atoms with Crippen LogP contribution in [0.5, 0.6) is 0 Å². The van der Waals surface area contributed by atoms with Gasteiger partial charge >= 0.3 is 5.97 Å².